The summed E-state index contributed by atoms with van der Waals surface area (Å²) in [6, 6.07) is 30.1. The van der Waals surface area contributed by atoms with Crippen molar-refractivity contribution in [1.29, 1.82) is 0 Å². The number of hydrogen-bond donors (Lipinski definition) is 3. The highest BCUT2D eigenvalue weighted by molar-refractivity contribution is 7.86. The van der Waals surface area contributed by atoms with Gasteiger partial charge in [0.05, 0.1) is 118 Å². The zero-order valence-electron chi connectivity index (χ0n) is 70.1. The molecule has 0 aromatic heterocycles. The number of cyclic esters (lactones) is 5. The molecule has 5 aromatic rings. The van der Waals surface area contributed by atoms with E-state index in [0.717, 1.165) is 156 Å². The van der Waals surface area contributed by atoms with Crippen molar-refractivity contribution in [2.45, 2.75) is 196 Å². The van der Waals surface area contributed by atoms with Gasteiger partial charge in [-0.2, -0.15) is 8.42 Å². The van der Waals surface area contributed by atoms with Gasteiger partial charge in [0.2, 0.25) is 11.8 Å². The van der Waals surface area contributed by atoms with Gasteiger partial charge in [0, 0.05) is 111 Å². The van der Waals surface area contributed by atoms with Crippen molar-refractivity contribution in [2.24, 2.45) is 5.11 Å². The van der Waals surface area contributed by atoms with Gasteiger partial charge < -0.3 is 77.3 Å². The van der Waals surface area contributed by atoms with Crippen LogP contribution in [0.25, 0.3) is 10.4 Å². The maximum atomic E-state index is 12.2. The van der Waals surface area contributed by atoms with Crippen LogP contribution in [-0.2, 0) is 154 Å². The minimum absolute atomic E-state index is 0.130. The van der Waals surface area contributed by atoms with Crippen molar-refractivity contribution in [3.8, 4) is 0 Å². The Labute approximate surface area is 718 Å². The molecule has 14 aliphatic rings. The first-order chi connectivity index (χ1) is 59.8. The van der Waals surface area contributed by atoms with Crippen LogP contribution in [0.1, 0.15) is 134 Å². The van der Waals surface area contributed by atoms with Crippen LogP contribution < -0.4 is 35.1 Å². The average molecular weight is 1740 g/mol. The van der Waals surface area contributed by atoms with Crippen LogP contribution in [0, 0.1) is 0 Å². The van der Waals surface area contributed by atoms with Gasteiger partial charge in [-0.1, -0.05) is 35.4 Å². The van der Waals surface area contributed by atoms with Crippen LogP contribution in [0.3, 0.4) is 0 Å². The van der Waals surface area contributed by atoms with E-state index in [1.54, 1.807) is 19.6 Å². The number of aliphatic hydroxyl groups is 1. The van der Waals surface area contributed by atoms with Gasteiger partial charge in [-0.3, -0.25) is 43.1 Å². The molecule has 666 valence electrons. The van der Waals surface area contributed by atoms with E-state index in [9.17, 15) is 46.8 Å². The summed E-state index contributed by atoms with van der Waals surface area (Å²) in [6.45, 7) is 10.5. The number of fused-ring (bicyclic) bond motifs is 5. The lowest BCUT2D eigenvalue weighted by atomic mass is 10.0. The highest BCUT2D eigenvalue weighted by atomic mass is 32.2. The summed E-state index contributed by atoms with van der Waals surface area (Å²) in [7, 11) is -3.57. The third-order valence-electron chi connectivity index (χ3n) is 24.9. The van der Waals surface area contributed by atoms with Crippen LogP contribution in [0.4, 0.5) is 52.4 Å². The number of nitrogens with zero attached hydrogens (tertiary/aromatic N) is 8. The predicted molar refractivity (Wildman–Crippen MR) is 446 cm³/mol. The van der Waals surface area contributed by atoms with Crippen LogP contribution in [-0.4, -0.2) is 240 Å². The second kappa shape index (κ2) is 39.2. The van der Waals surface area contributed by atoms with Crippen LogP contribution >= 0.6 is 0 Å². The van der Waals surface area contributed by atoms with Gasteiger partial charge in [0.25, 0.3) is 10.1 Å². The lowest BCUT2D eigenvalue weighted by Gasteiger charge is -2.25. The summed E-state index contributed by atoms with van der Waals surface area (Å²) in [5.74, 6) is -1.75. The van der Waals surface area contributed by atoms with Crippen LogP contribution in [0.15, 0.2) is 96.1 Å². The van der Waals surface area contributed by atoms with Crippen molar-refractivity contribution < 1.29 is 118 Å². The summed E-state index contributed by atoms with van der Waals surface area (Å²) in [4.78, 5) is 105. The summed E-state index contributed by atoms with van der Waals surface area (Å²) in [6.07, 6.45) is 13.2. The van der Waals surface area contributed by atoms with Gasteiger partial charge >= 0.3 is 30.5 Å². The predicted octanol–water partition coefficient (Wildman–Crippen LogP) is 9.55. The van der Waals surface area contributed by atoms with E-state index in [4.69, 9.17) is 76.4 Å². The second-order valence-corrected chi connectivity index (χ2v) is 34.9. The lowest BCUT2D eigenvalue weighted by Crippen LogP contribution is -2.33. The Balaban J connectivity index is 0.000000120. The fourth-order valence-electron chi connectivity index (χ4n) is 18.2. The molecule has 5 aliphatic carbocycles. The maximum absolute atomic E-state index is 12.2. The molecule has 0 radical (unpaired) electrons. The van der Waals surface area contributed by atoms with E-state index in [2.05, 4.69) is 57.1 Å². The van der Waals surface area contributed by atoms with Crippen molar-refractivity contribution in [2.75, 3.05) is 149 Å². The number of aliphatic hydroxyl groups excluding tert-OH is 1. The van der Waals surface area contributed by atoms with E-state index in [-0.39, 0.29) is 56.4 Å². The molecule has 9 aliphatic heterocycles. The smallest absolute Gasteiger partial charge is 0.414 e. The fourth-order valence-corrected chi connectivity index (χ4v) is 18.6. The molecular weight excluding hydrogens is 1630 g/mol. The van der Waals surface area contributed by atoms with Gasteiger partial charge in [-0.25, -0.2) is 24.0 Å². The monoisotopic (exact) mass is 1740 g/mol. The number of ether oxygens (including phenoxy) is 13. The number of rotatable bonds is 15. The molecule has 0 bridgehead atoms. The number of hydrogen-bond acceptors (Lipinski definition) is 26. The van der Waals surface area contributed by atoms with E-state index in [1.807, 2.05) is 54.6 Å². The SMILES string of the molecule is CC(=O)NC[C@H]1CN(c2ccc3c(c2)CCC(=O)CC3)C(=O)O1.CC(=O)NC[C@H]1CN(c2ccc3c(c2)CCC2(CC3)OCCO2)C(=O)O1.CS(=O)(=O)OC[C@H]1CN(c2ccc3c(c2)CCC2(CC3)OCCO2)C(=O)O1.O=C1O[C@@H](CO)CN1c1ccc2c(c1)CCC1(CC2)OCCO1.[N-]=[N+]=NC[C@H]1CN(c2ccc3c(c2)CCC2(CC3)OCCO2)C(=O)O1. The Morgan fingerprint density at radius 3 is 0.960 bits per heavy atom. The number of nitrogens with one attached hydrogen (secondary N) is 2. The van der Waals surface area contributed by atoms with Crippen molar-refractivity contribution in [3.63, 3.8) is 0 Å². The maximum Gasteiger partial charge on any atom is 0.414 e. The molecule has 3 N–H and O–H groups in total. The van der Waals surface area contributed by atoms with Gasteiger partial charge in [0.1, 0.15) is 42.9 Å². The van der Waals surface area contributed by atoms with Gasteiger partial charge in [-0.05, 0) is 186 Å². The third kappa shape index (κ3) is 21.9. The molecule has 19 rings (SSSR count). The average Bonchev–Trinajstić information content (AvgIpc) is 1.66. The molecule has 36 heteroatoms. The number of amides is 7. The molecule has 35 nitrogen and oxygen atoms in total. The Kier molecular flexibility index (Phi) is 28.1. The number of carbonyl (C=O) groups is 8. The zero-order chi connectivity index (χ0) is 86.8. The van der Waals surface area contributed by atoms with Crippen molar-refractivity contribution in [1.82, 2.24) is 10.6 Å². The molecule has 0 unspecified atom stereocenters. The number of carbonyl (C=O) groups excluding carboxylic acids is 8. The number of aryl methyl sites for hydroxylation is 10. The van der Waals surface area contributed by atoms with E-state index in [1.165, 1.54) is 68.8 Å². The molecule has 9 heterocycles. The quantitative estimate of drug-likeness (QED) is 0.0219. The molecule has 9 saturated heterocycles. The Morgan fingerprint density at radius 1 is 0.403 bits per heavy atom. The van der Waals surface area contributed by atoms with Gasteiger partial charge in [-0.15, -0.1) is 0 Å². The van der Waals surface area contributed by atoms with Crippen LogP contribution in [0.5, 0.6) is 0 Å². The second-order valence-electron chi connectivity index (χ2n) is 33.3. The Bertz CT molecular complexity index is 4950. The Morgan fingerprint density at radius 2 is 0.661 bits per heavy atom. The Hall–Kier alpha value is -10.1. The van der Waals surface area contributed by atoms with E-state index in [0.29, 0.717) is 111 Å². The van der Waals surface area contributed by atoms with E-state index < -0.39 is 76.0 Å². The normalized spacial score (nSPS) is 24.1. The lowest BCUT2D eigenvalue weighted by molar-refractivity contribution is -0.164. The topological polar surface area (TPSA) is 409 Å². The summed E-state index contributed by atoms with van der Waals surface area (Å²) >= 11 is 0. The first-order valence-corrected chi connectivity index (χ1v) is 44.7. The molecule has 124 heavy (non-hydrogen) atoms. The zero-order valence-corrected chi connectivity index (χ0v) is 71.0. The minimum atomic E-state index is -3.57. The molecule has 5 aromatic carbocycles. The summed E-state index contributed by atoms with van der Waals surface area (Å²) < 4.78 is 100.0. The number of Topliss-reactive ketones (excluding diaryl/α,β-unsaturated/α-hetero) is 1. The largest absolute Gasteiger partial charge is 0.444 e. The highest BCUT2D eigenvalue weighted by Crippen LogP contribution is 2.42. The van der Waals surface area contributed by atoms with Crippen molar-refractivity contribution >= 4 is 86.6 Å². The fraction of sp³-hybridized carbons (Fsp3) is 0.568. The molecular formula is C88H108N10O25S. The molecule has 7 amide bonds. The minimum Gasteiger partial charge on any atom is -0.444 e. The third-order valence-corrected chi connectivity index (χ3v) is 25.4. The van der Waals surface area contributed by atoms with Crippen LogP contribution in [0.2, 0.25) is 0 Å². The van der Waals surface area contributed by atoms with Crippen molar-refractivity contribution in [3.05, 3.63) is 157 Å². The first kappa shape index (κ1) is 88.8. The first-order valence-electron chi connectivity index (χ1n) is 42.9. The molecule has 9 fully saturated rings. The summed E-state index contributed by atoms with van der Waals surface area (Å²) in [5.41, 5.74) is 24.7. The molecule has 0 saturated carbocycles. The van der Waals surface area contributed by atoms with E-state index >= 15 is 0 Å². The number of azide groups is 1. The molecule has 4 spiro atoms. The summed E-state index contributed by atoms with van der Waals surface area (Å²) in [5, 5.41) is 18.0. The number of anilines is 5. The highest BCUT2D eigenvalue weighted by Gasteiger charge is 2.45. The number of ketones is 1. The molecule has 5 atom stereocenters. The van der Waals surface area contributed by atoms with Gasteiger partial charge in [0.15, 0.2) is 23.1 Å². The standard InChI is InChI=1S/C19H24N2O5.C18H23NO7S.C17H20N4O4.C17H20N2O4.C17H21NO5/c1-13(22)20-11-17-12-21(18(23)26-17)16-3-2-14-4-6-19(24-8-9-25-19)7-5-15(14)10-16;1-27(21,22)25-12-16-11-19(17(20)26-16)15-3-2-13-4-6-18(23-8-9-24-18)7-5-14(13)10-15;18-20-19-10-15-11-21(16(22)25-15)14-2-1-12-3-5-17(23-7-8-24-17)6-4-13(12)9-14;1-11(20)18-9-16-10-19(17(22)23-16)14-5-2-12-3-6-15(21)7-4-13(12)8-14;19-11-15-10-18(16(20)23-15)14-2-1-12-3-5-17(21-7-8-22-17)6-4-13(12)9-14/h2-3,10,17H,4-9,11-12H2,1H3,(H,20,22);2-3,10,16H,4-9,11-12H2,1H3;1-2,9,15H,3-8,10-11H2;2,5,8,16H,3-4,6-7,9-10H2,1H3,(H,18,20);1-2,9,15,19H,3-8,10-11H2/t17-;16-;15-;16-;15-/m01001/s1. The number of benzene rings is 5.